The molecule has 0 spiro atoms. The number of aryl methyl sites for hydroxylation is 1. The standard InChI is InChI=1S/C18H16ClN5OS/c1-3-24(14-5-4-7-20-11-14)17(25)13-9-15(19)16(22-10-13)26-18-21-8-6-12(2)23-18/h4-11H,3H2,1-2H3. The van der Waals surface area contributed by atoms with Crippen LogP contribution < -0.4 is 4.90 Å². The maximum absolute atomic E-state index is 12.8. The molecule has 0 saturated heterocycles. The molecule has 3 aromatic heterocycles. The number of amides is 1. The van der Waals surface area contributed by atoms with Crippen LogP contribution in [-0.2, 0) is 0 Å². The lowest BCUT2D eigenvalue weighted by atomic mass is 10.2. The molecule has 3 rings (SSSR count). The van der Waals surface area contributed by atoms with Gasteiger partial charge in [-0.15, -0.1) is 0 Å². The molecule has 132 valence electrons. The number of hydrogen-bond donors (Lipinski definition) is 0. The summed E-state index contributed by atoms with van der Waals surface area (Å²) in [6, 6.07) is 7.06. The summed E-state index contributed by atoms with van der Waals surface area (Å²) in [6.07, 6.45) is 6.52. The van der Waals surface area contributed by atoms with Gasteiger partial charge in [0.05, 0.1) is 22.5 Å². The van der Waals surface area contributed by atoms with Crippen LogP contribution in [0.3, 0.4) is 0 Å². The number of rotatable bonds is 5. The van der Waals surface area contributed by atoms with E-state index in [-0.39, 0.29) is 5.91 Å². The molecule has 0 fully saturated rings. The van der Waals surface area contributed by atoms with Crippen molar-refractivity contribution >= 4 is 35.0 Å². The van der Waals surface area contributed by atoms with Crippen LogP contribution in [0.5, 0.6) is 0 Å². The highest BCUT2D eigenvalue weighted by molar-refractivity contribution is 7.99. The van der Waals surface area contributed by atoms with Crippen LogP contribution in [0.15, 0.2) is 59.2 Å². The van der Waals surface area contributed by atoms with Gasteiger partial charge in [0, 0.05) is 30.8 Å². The van der Waals surface area contributed by atoms with E-state index in [4.69, 9.17) is 11.6 Å². The molecule has 0 aliphatic rings. The lowest BCUT2D eigenvalue weighted by molar-refractivity contribution is 0.0988. The zero-order valence-electron chi connectivity index (χ0n) is 14.3. The van der Waals surface area contributed by atoms with Gasteiger partial charge in [0.25, 0.3) is 5.91 Å². The molecule has 6 nitrogen and oxygen atoms in total. The van der Waals surface area contributed by atoms with E-state index in [1.807, 2.05) is 26.0 Å². The highest BCUT2D eigenvalue weighted by Crippen LogP contribution is 2.30. The number of pyridine rings is 2. The van der Waals surface area contributed by atoms with E-state index in [0.29, 0.717) is 27.3 Å². The first-order valence-corrected chi connectivity index (χ1v) is 9.13. The fraction of sp³-hybridized carbons (Fsp3) is 0.167. The number of aromatic nitrogens is 4. The van der Waals surface area contributed by atoms with Gasteiger partial charge in [-0.05, 0) is 49.9 Å². The Morgan fingerprint density at radius 1 is 1.23 bits per heavy atom. The van der Waals surface area contributed by atoms with Crippen molar-refractivity contribution in [1.82, 2.24) is 19.9 Å². The summed E-state index contributed by atoms with van der Waals surface area (Å²) in [6.45, 7) is 4.30. The van der Waals surface area contributed by atoms with Crippen molar-refractivity contribution in [1.29, 1.82) is 0 Å². The molecule has 0 aromatic carbocycles. The molecular formula is C18H16ClN5OS. The van der Waals surface area contributed by atoms with Crippen LogP contribution in [0.4, 0.5) is 5.69 Å². The molecule has 26 heavy (non-hydrogen) atoms. The average molecular weight is 386 g/mol. The third kappa shape index (κ3) is 4.17. The van der Waals surface area contributed by atoms with Crippen molar-refractivity contribution in [3.8, 4) is 0 Å². The number of hydrogen-bond acceptors (Lipinski definition) is 6. The monoisotopic (exact) mass is 385 g/mol. The summed E-state index contributed by atoms with van der Waals surface area (Å²) in [5, 5.41) is 1.50. The molecule has 0 aliphatic heterocycles. The molecule has 3 heterocycles. The van der Waals surface area contributed by atoms with E-state index >= 15 is 0 Å². The zero-order valence-corrected chi connectivity index (χ0v) is 15.8. The van der Waals surface area contributed by atoms with Crippen LogP contribution in [0.25, 0.3) is 0 Å². The number of carbonyl (C=O) groups is 1. The minimum Gasteiger partial charge on any atom is -0.307 e. The summed E-state index contributed by atoms with van der Waals surface area (Å²) < 4.78 is 0. The predicted molar refractivity (Wildman–Crippen MR) is 102 cm³/mol. The van der Waals surface area contributed by atoms with Gasteiger partial charge >= 0.3 is 0 Å². The molecule has 1 amide bonds. The van der Waals surface area contributed by atoms with E-state index in [1.54, 1.807) is 35.6 Å². The number of nitrogens with zero attached hydrogens (tertiary/aromatic N) is 5. The summed E-state index contributed by atoms with van der Waals surface area (Å²) in [4.78, 5) is 31.3. The van der Waals surface area contributed by atoms with Gasteiger partial charge in [0.1, 0.15) is 5.03 Å². The first-order valence-electron chi connectivity index (χ1n) is 7.93. The Labute approximate surface area is 160 Å². The van der Waals surface area contributed by atoms with Gasteiger partial charge in [-0.1, -0.05) is 11.6 Å². The molecule has 8 heteroatoms. The molecule has 0 unspecified atom stereocenters. The molecule has 0 radical (unpaired) electrons. The largest absolute Gasteiger partial charge is 0.307 e. The quantitative estimate of drug-likeness (QED) is 0.617. The summed E-state index contributed by atoms with van der Waals surface area (Å²) in [5.74, 6) is -0.182. The number of anilines is 1. The Bertz CT molecular complexity index is 922. The Hall–Kier alpha value is -2.51. The Balaban J connectivity index is 1.83. The third-order valence-electron chi connectivity index (χ3n) is 3.53. The second-order valence-corrected chi connectivity index (χ2v) is 6.72. The number of carbonyl (C=O) groups excluding carboxylic acids is 1. The normalized spacial score (nSPS) is 10.6. The molecule has 0 aliphatic carbocycles. The van der Waals surface area contributed by atoms with Crippen molar-refractivity contribution in [2.24, 2.45) is 0 Å². The molecule has 3 aromatic rings. The van der Waals surface area contributed by atoms with Crippen LogP contribution in [0.1, 0.15) is 23.0 Å². The van der Waals surface area contributed by atoms with Gasteiger partial charge in [0.2, 0.25) is 0 Å². The molecule has 0 N–H and O–H groups in total. The molecular weight excluding hydrogens is 370 g/mol. The minimum absolute atomic E-state index is 0.182. The van der Waals surface area contributed by atoms with E-state index < -0.39 is 0 Å². The molecule has 0 saturated carbocycles. The molecule has 0 bridgehead atoms. The van der Waals surface area contributed by atoms with Crippen molar-refractivity contribution in [2.75, 3.05) is 11.4 Å². The maximum Gasteiger partial charge on any atom is 0.259 e. The van der Waals surface area contributed by atoms with Crippen LogP contribution >= 0.6 is 23.4 Å². The van der Waals surface area contributed by atoms with E-state index in [2.05, 4.69) is 19.9 Å². The Morgan fingerprint density at radius 2 is 2.08 bits per heavy atom. The Kier molecular flexibility index (Phi) is 5.80. The second-order valence-electron chi connectivity index (χ2n) is 5.35. The fourth-order valence-corrected chi connectivity index (χ4v) is 3.31. The SMILES string of the molecule is CCN(C(=O)c1cnc(Sc2nccc(C)n2)c(Cl)c1)c1cccnc1. The maximum atomic E-state index is 12.8. The van der Waals surface area contributed by atoms with E-state index in [9.17, 15) is 4.79 Å². The highest BCUT2D eigenvalue weighted by Gasteiger charge is 2.18. The summed E-state index contributed by atoms with van der Waals surface area (Å²) in [7, 11) is 0. The smallest absolute Gasteiger partial charge is 0.259 e. The topological polar surface area (TPSA) is 71.9 Å². The van der Waals surface area contributed by atoms with Crippen molar-refractivity contribution in [3.05, 3.63) is 65.3 Å². The van der Waals surface area contributed by atoms with E-state index in [1.165, 1.54) is 18.0 Å². The summed E-state index contributed by atoms with van der Waals surface area (Å²) in [5.41, 5.74) is 2.00. The second kappa shape index (κ2) is 8.25. The first-order chi connectivity index (χ1) is 12.6. The third-order valence-corrected chi connectivity index (χ3v) is 4.83. The Morgan fingerprint density at radius 3 is 2.73 bits per heavy atom. The van der Waals surface area contributed by atoms with Crippen molar-refractivity contribution in [3.63, 3.8) is 0 Å². The van der Waals surface area contributed by atoms with Crippen molar-refractivity contribution < 1.29 is 4.79 Å². The van der Waals surface area contributed by atoms with Gasteiger partial charge < -0.3 is 4.90 Å². The van der Waals surface area contributed by atoms with Crippen molar-refractivity contribution in [2.45, 2.75) is 24.0 Å². The lowest BCUT2D eigenvalue weighted by Gasteiger charge is -2.20. The van der Waals surface area contributed by atoms with Gasteiger partial charge in [0.15, 0.2) is 5.16 Å². The van der Waals surface area contributed by atoms with E-state index in [0.717, 1.165) is 11.4 Å². The van der Waals surface area contributed by atoms with Crippen LogP contribution in [0.2, 0.25) is 5.02 Å². The van der Waals surface area contributed by atoms with Gasteiger partial charge in [-0.3, -0.25) is 9.78 Å². The van der Waals surface area contributed by atoms with Gasteiger partial charge in [-0.25, -0.2) is 15.0 Å². The first kappa shape index (κ1) is 18.3. The van der Waals surface area contributed by atoms with Crippen LogP contribution in [0, 0.1) is 6.92 Å². The number of halogens is 1. The highest BCUT2D eigenvalue weighted by atomic mass is 35.5. The predicted octanol–water partition coefficient (Wildman–Crippen LogP) is 4.05. The molecule has 0 atom stereocenters. The fourth-order valence-electron chi connectivity index (χ4n) is 2.29. The lowest BCUT2D eigenvalue weighted by Crippen LogP contribution is -2.30. The summed E-state index contributed by atoms with van der Waals surface area (Å²) >= 11 is 7.59. The minimum atomic E-state index is -0.182. The average Bonchev–Trinajstić information content (AvgIpc) is 2.65. The zero-order chi connectivity index (χ0) is 18.5. The van der Waals surface area contributed by atoms with Gasteiger partial charge in [-0.2, -0.15) is 0 Å². The van der Waals surface area contributed by atoms with Crippen LogP contribution in [-0.4, -0.2) is 32.4 Å².